The summed E-state index contributed by atoms with van der Waals surface area (Å²) in [5.74, 6) is 0. The second-order valence-corrected chi connectivity index (χ2v) is 6.07. The zero-order chi connectivity index (χ0) is 11.2. The maximum atomic E-state index is 2.32. The van der Waals surface area contributed by atoms with Crippen LogP contribution in [0.2, 0.25) is 0 Å². The molecule has 0 heterocycles. The van der Waals surface area contributed by atoms with E-state index in [1.165, 1.54) is 56.1 Å². The van der Waals surface area contributed by atoms with Crippen LogP contribution in [-0.2, 0) is 12.8 Å². The van der Waals surface area contributed by atoms with Crippen LogP contribution in [-0.4, -0.2) is 0 Å². The smallest absolute Gasteiger partial charge is 0.0213 e. The number of rotatable bonds is 0. The van der Waals surface area contributed by atoms with Gasteiger partial charge in [-0.05, 0) is 67.2 Å². The van der Waals surface area contributed by atoms with Crippen molar-refractivity contribution in [3.8, 4) is 0 Å². The van der Waals surface area contributed by atoms with E-state index in [4.69, 9.17) is 0 Å². The standard InChI is InChI=1S/C16H22/c1-12-6-7-13(2)15-11-16(10-14(12)15)8-4-3-5-9-16/h6-7H,3-5,8-11H2,1-2H3. The van der Waals surface area contributed by atoms with Gasteiger partial charge in [-0.1, -0.05) is 31.4 Å². The Balaban J connectivity index is 1.99. The Morgan fingerprint density at radius 2 is 1.31 bits per heavy atom. The number of fused-ring (bicyclic) bond motifs is 1. The van der Waals surface area contributed by atoms with Crippen LogP contribution in [0.4, 0.5) is 0 Å². The lowest BCUT2D eigenvalue weighted by Crippen LogP contribution is -2.24. The molecule has 1 fully saturated rings. The zero-order valence-corrected chi connectivity index (χ0v) is 10.6. The maximum Gasteiger partial charge on any atom is -0.0213 e. The molecule has 1 saturated carbocycles. The van der Waals surface area contributed by atoms with Crippen LogP contribution in [0.1, 0.15) is 54.4 Å². The third-order valence-corrected chi connectivity index (χ3v) is 4.92. The summed E-state index contributed by atoms with van der Waals surface area (Å²) in [6.45, 7) is 4.58. The quantitative estimate of drug-likeness (QED) is 0.602. The van der Waals surface area contributed by atoms with Crippen molar-refractivity contribution in [2.24, 2.45) is 5.41 Å². The van der Waals surface area contributed by atoms with Gasteiger partial charge in [0.05, 0.1) is 0 Å². The average Bonchev–Trinajstić information content (AvgIpc) is 2.65. The molecule has 0 radical (unpaired) electrons. The van der Waals surface area contributed by atoms with E-state index in [1.807, 2.05) is 0 Å². The third-order valence-electron chi connectivity index (χ3n) is 4.92. The summed E-state index contributed by atoms with van der Waals surface area (Å²) < 4.78 is 0. The van der Waals surface area contributed by atoms with Gasteiger partial charge in [-0.3, -0.25) is 0 Å². The summed E-state index contributed by atoms with van der Waals surface area (Å²) in [5.41, 5.74) is 7.12. The van der Waals surface area contributed by atoms with Crippen LogP contribution >= 0.6 is 0 Å². The molecule has 0 aromatic heterocycles. The predicted molar refractivity (Wildman–Crippen MR) is 68.8 cm³/mol. The molecule has 0 bridgehead atoms. The minimum atomic E-state index is 0.664. The van der Waals surface area contributed by atoms with Gasteiger partial charge in [-0.25, -0.2) is 0 Å². The molecule has 0 nitrogen and oxygen atoms in total. The van der Waals surface area contributed by atoms with Gasteiger partial charge in [-0.15, -0.1) is 0 Å². The summed E-state index contributed by atoms with van der Waals surface area (Å²) in [6, 6.07) is 4.63. The molecule has 1 spiro atoms. The molecule has 0 amide bonds. The number of aryl methyl sites for hydroxylation is 2. The molecule has 3 rings (SSSR count). The molecular formula is C16H22. The summed E-state index contributed by atoms with van der Waals surface area (Å²) in [6.07, 6.45) is 10.1. The van der Waals surface area contributed by atoms with Crippen molar-refractivity contribution in [1.29, 1.82) is 0 Å². The number of hydrogen-bond acceptors (Lipinski definition) is 0. The Morgan fingerprint density at radius 1 is 0.812 bits per heavy atom. The van der Waals surface area contributed by atoms with Gasteiger partial charge in [0, 0.05) is 0 Å². The maximum absolute atomic E-state index is 2.32. The topological polar surface area (TPSA) is 0 Å². The minimum Gasteiger partial charge on any atom is -0.0588 e. The van der Waals surface area contributed by atoms with Gasteiger partial charge >= 0.3 is 0 Å². The Kier molecular flexibility index (Phi) is 2.34. The lowest BCUT2D eigenvalue weighted by Gasteiger charge is -2.33. The largest absolute Gasteiger partial charge is 0.0588 e. The number of hydrogen-bond donors (Lipinski definition) is 0. The second-order valence-electron chi connectivity index (χ2n) is 6.07. The minimum absolute atomic E-state index is 0.664. The van der Waals surface area contributed by atoms with Crippen molar-refractivity contribution >= 4 is 0 Å². The van der Waals surface area contributed by atoms with Gasteiger partial charge in [0.15, 0.2) is 0 Å². The fraction of sp³-hybridized carbons (Fsp3) is 0.625. The zero-order valence-electron chi connectivity index (χ0n) is 10.6. The molecule has 86 valence electrons. The Morgan fingerprint density at radius 3 is 1.81 bits per heavy atom. The summed E-state index contributed by atoms with van der Waals surface area (Å²) in [4.78, 5) is 0. The molecule has 2 aliphatic rings. The van der Waals surface area contributed by atoms with Crippen molar-refractivity contribution in [3.05, 3.63) is 34.4 Å². The van der Waals surface area contributed by atoms with E-state index in [0.29, 0.717) is 5.41 Å². The van der Waals surface area contributed by atoms with Crippen molar-refractivity contribution in [2.45, 2.75) is 58.8 Å². The van der Waals surface area contributed by atoms with Crippen LogP contribution in [0.15, 0.2) is 12.1 Å². The van der Waals surface area contributed by atoms with E-state index in [2.05, 4.69) is 26.0 Å². The molecular weight excluding hydrogens is 192 g/mol. The van der Waals surface area contributed by atoms with Crippen LogP contribution in [0.25, 0.3) is 0 Å². The van der Waals surface area contributed by atoms with Gasteiger partial charge in [-0.2, -0.15) is 0 Å². The summed E-state index contributed by atoms with van der Waals surface area (Å²) >= 11 is 0. The van der Waals surface area contributed by atoms with Crippen LogP contribution in [0.3, 0.4) is 0 Å². The first-order valence-electron chi connectivity index (χ1n) is 6.78. The fourth-order valence-corrected chi connectivity index (χ4v) is 3.89. The Hall–Kier alpha value is -0.780. The molecule has 16 heavy (non-hydrogen) atoms. The van der Waals surface area contributed by atoms with E-state index in [9.17, 15) is 0 Å². The normalized spacial score (nSPS) is 22.4. The van der Waals surface area contributed by atoms with Crippen LogP contribution < -0.4 is 0 Å². The van der Waals surface area contributed by atoms with Crippen LogP contribution in [0.5, 0.6) is 0 Å². The Labute approximate surface area is 99.1 Å². The van der Waals surface area contributed by atoms with E-state index in [-0.39, 0.29) is 0 Å². The first-order chi connectivity index (χ1) is 7.70. The lowest BCUT2D eigenvalue weighted by molar-refractivity contribution is 0.202. The van der Waals surface area contributed by atoms with Gasteiger partial charge < -0.3 is 0 Å². The molecule has 0 aliphatic heterocycles. The molecule has 0 atom stereocenters. The molecule has 2 aliphatic carbocycles. The second kappa shape index (κ2) is 3.61. The number of benzene rings is 1. The van der Waals surface area contributed by atoms with Crippen LogP contribution in [0, 0.1) is 19.3 Å². The molecule has 0 saturated heterocycles. The molecule has 1 aromatic carbocycles. The van der Waals surface area contributed by atoms with Gasteiger partial charge in [0.25, 0.3) is 0 Å². The third kappa shape index (κ3) is 1.50. The van der Waals surface area contributed by atoms with E-state index in [1.54, 1.807) is 11.1 Å². The van der Waals surface area contributed by atoms with Crippen molar-refractivity contribution in [2.75, 3.05) is 0 Å². The molecule has 0 N–H and O–H groups in total. The van der Waals surface area contributed by atoms with E-state index < -0.39 is 0 Å². The Bertz CT molecular complexity index is 375. The van der Waals surface area contributed by atoms with Crippen molar-refractivity contribution < 1.29 is 0 Å². The highest BCUT2D eigenvalue weighted by Crippen LogP contribution is 2.48. The summed E-state index contributed by atoms with van der Waals surface area (Å²) in [7, 11) is 0. The highest BCUT2D eigenvalue weighted by atomic mass is 14.4. The first kappa shape index (κ1) is 10.4. The molecule has 0 heteroatoms. The predicted octanol–water partition coefficient (Wildman–Crippen LogP) is 4.35. The SMILES string of the molecule is Cc1ccc(C)c2c1CC1(CCCCC1)C2. The highest BCUT2D eigenvalue weighted by molar-refractivity contribution is 5.45. The van der Waals surface area contributed by atoms with Gasteiger partial charge in [0.2, 0.25) is 0 Å². The van der Waals surface area contributed by atoms with Crippen molar-refractivity contribution in [1.82, 2.24) is 0 Å². The van der Waals surface area contributed by atoms with E-state index in [0.717, 1.165) is 0 Å². The fourth-order valence-electron chi connectivity index (χ4n) is 3.89. The van der Waals surface area contributed by atoms with Crippen molar-refractivity contribution in [3.63, 3.8) is 0 Å². The molecule has 0 unspecified atom stereocenters. The average molecular weight is 214 g/mol. The highest BCUT2D eigenvalue weighted by Gasteiger charge is 2.39. The lowest BCUT2D eigenvalue weighted by atomic mass is 9.72. The monoisotopic (exact) mass is 214 g/mol. The first-order valence-corrected chi connectivity index (χ1v) is 6.78. The van der Waals surface area contributed by atoms with Gasteiger partial charge in [0.1, 0.15) is 0 Å². The molecule has 1 aromatic rings. The summed E-state index contributed by atoms with van der Waals surface area (Å²) in [5, 5.41) is 0. The van der Waals surface area contributed by atoms with E-state index >= 15 is 0 Å².